The SMILES string of the molecule is Cc1ccc(Nc2cc(C(=O)Nc3cccc(F)c3)nc(C)n2)c(C)c1. The molecule has 0 radical (unpaired) electrons. The Morgan fingerprint density at radius 2 is 1.81 bits per heavy atom. The summed E-state index contributed by atoms with van der Waals surface area (Å²) < 4.78 is 13.3. The van der Waals surface area contributed by atoms with Crippen molar-refractivity contribution in [3.8, 4) is 0 Å². The quantitative estimate of drug-likeness (QED) is 0.725. The van der Waals surface area contributed by atoms with Crippen molar-refractivity contribution in [1.29, 1.82) is 0 Å². The van der Waals surface area contributed by atoms with E-state index in [1.54, 1.807) is 19.1 Å². The fourth-order valence-corrected chi connectivity index (χ4v) is 2.60. The molecule has 0 bridgehead atoms. The number of aromatic nitrogens is 2. The van der Waals surface area contributed by atoms with Gasteiger partial charge in [-0.15, -0.1) is 0 Å². The Labute approximate surface area is 151 Å². The van der Waals surface area contributed by atoms with Crippen molar-refractivity contribution in [2.24, 2.45) is 0 Å². The van der Waals surface area contributed by atoms with Gasteiger partial charge in [0.1, 0.15) is 23.2 Å². The minimum absolute atomic E-state index is 0.203. The average Bonchev–Trinajstić information content (AvgIpc) is 2.57. The first-order valence-electron chi connectivity index (χ1n) is 8.17. The number of nitrogens with one attached hydrogen (secondary N) is 2. The summed E-state index contributed by atoms with van der Waals surface area (Å²) in [5.74, 6) is 0.140. The smallest absolute Gasteiger partial charge is 0.274 e. The van der Waals surface area contributed by atoms with Gasteiger partial charge in [-0.05, 0) is 50.6 Å². The van der Waals surface area contributed by atoms with Gasteiger partial charge in [-0.3, -0.25) is 4.79 Å². The maximum atomic E-state index is 13.3. The molecule has 0 fully saturated rings. The normalized spacial score (nSPS) is 10.5. The summed E-state index contributed by atoms with van der Waals surface area (Å²) in [5.41, 5.74) is 3.73. The van der Waals surface area contributed by atoms with E-state index in [9.17, 15) is 9.18 Å². The maximum absolute atomic E-state index is 13.3. The lowest BCUT2D eigenvalue weighted by atomic mass is 10.1. The van der Waals surface area contributed by atoms with Gasteiger partial charge in [0.15, 0.2) is 0 Å². The van der Waals surface area contributed by atoms with Crippen LogP contribution >= 0.6 is 0 Å². The van der Waals surface area contributed by atoms with Gasteiger partial charge in [-0.1, -0.05) is 23.8 Å². The molecular formula is C20H19FN4O. The zero-order valence-electron chi connectivity index (χ0n) is 14.8. The number of nitrogens with zero attached hydrogens (tertiary/aromatic N) is 2. The van der Waals surface area contributed by atoms with E-state index >= 15 is 0 Å². The molecule has 3 rings (SSSR count). The summed E-state index contributed by atoms with van der Waals surface area (Å²) in [5, 5.41) is 5.86. The van der Waals surface area contributed by atoms with Crippen LogP contribution in [0, 0.1) is 26.6 Å². The predicted molar refractivity (Wildman–Crippen MR) is 100 cm³/mol. The van der Waals surface area contributed by atoms with E-state index in [1.165, 1.54) is 23.8 Å². The fourth-order valence-electron chi connectivity index (χ4n) is 2.60. The van der Waals surface area contributed by atoms with Gasteiger partial charge < -0.3 is 10.6 Å². The lowest BCUT2D eigenvalue weighted by Crippen LogP contribution is -2.15. The molecule has 0 spiro atoms. The first-order valence-corrected chi connectivity index (χ1v) is 8.17. The monoisotopic (exact) mass is 350 g/mol. The largest absolute Gasteiger partial charge is 0.340 e. The molecule has 0 unspecified atom stereocenters. The highest BCUT2D eigenvalue weighted by atomic mass is 19.1. The summed E-state index contributed by atoms with van der Waals surface area (Å²) in [4.78, 5) is 20.9. The summed E-state index contributed by atoms with van der Waals surface area (Å²) >= 11 is 0. The highest BCUT2D eigenvalue weighted by molar-refractivity contribution is 6.03. The number of rotatable bonds is 4. The highest BCUT2D eigenvalue weighted by Gasteiger charge is 2.12. The number of carbonyl (C=O) groups is 1. The third kappa shape index (κ3) is 4.22. The van der Waals surface area contributed by atoms with Gasteiger partial charge in [0.2, 0.25) is 0 Å². The van der Waals surface area contributed by atoms with Crippen LogP contribution < -0.4 is 10.6 Å². The Balaban J connectivity index is 1.84. The standard InChI is InChI=1S/C20H19FN4O/c1-12-7-8-17(13(2)9-12)25-19-11-18(22-14(3)23-19)20(26)24-16-6-4-5-15(21)10-16/h4-11H,1-3H3,(H,24,26)(H,22,23,25). The van der Waals surface area contributed by atoms with Crippen molar-refractivity contribution in [3.63, 3.8) is 0 Å². The summed E-state index contributed by atoms with van der Waals surface area (Å²) in [6, 6.07) is 13.3. The third-order valence-corrected chi connectivity index (χ3v) is 3.80. The Hall–Kier alpha value is -3.28. The minimum Gasteiger partial charge on any atom is -0.340 e. The van der Waals surface area contributed by atoms with Gasteiger partial charge in [-0.25, -0.2) is 14.4 Å². The highest BCUT2D eigenvalue weighted by Crippen LogP contribution is 2.21. The van der Waals surface area contributed by atoms with Crippen LogP contribution in [-0.4, -0.2) is 15.9 Å². The zero-order valence-corrected chi connectivity index (χ0v) is 14.8. The molecule has 1 heterocycles. The summed E-state index contributed by atoms with van der Waals surface area (Å²) in [6.07, 6.45) is 0. The first-order chi connectivity index (χ1) is 12.4. The van der Waals surface area contributed by atoms with Gasteiger partial charge in [0.25, 0.3) is 5.91 Å². The number of hydrogen-bond acceptors (Lipinski definition) is 4. The lowest BCUT2D eigenvalue weighted by molar-refractivity contribution is 0.102. The van der Waals surface area contributed by atoms with Gasteiger partial charge in [0, 0.05) is 17.4 Å². The third-order valence-electron chi connectivity index (χ3n) is 3.80. The number of aryl methyl sites for hydroxylation is 3. The molecule has 1 aromatic heterocycles. The average molecular weight is 350 g/mol. The Kier molecular flexibility index (Phi) is 4.93. The van der Waals surface area contributed by atoms with E-state index < -0.39 is 11.7 Å². The van der Waals surface area contributed by atoms with Crippen molar-refractivity contribution in [2.45, 2.75) is 20.8 Å². The van der Waals surface area contributed by atoms with E-state index in [0.717, 1.165) is 11.3 Å². The van der Waals surface area contributed by atoms with Crippen molar-refractivity contribution in [1.82, 2.24) is 9.97 Å². The van der Waals surface area contributed by atoms with Crippen LogP contribution in [0.1, 0.15) is 27.4 Å². The molecule has 0 saturated heterocycles. The van der Waals surface area contributed by atoms with Gasteiger partial charge >= 0.3 is 0 Å². The molecule has 2 aromatic carbocycles. The van der Waals surface area contributed by atoms with E-state index in [-0.39, 0.29) is 5.69 Å². The molecule has 2 N–H and O–H groups in total. The predicted octanol–water partition coefficient (Wildman–Crippen LogP) is 4.54. The first kappa shape index (κ1) is 17.5. The second-order valence-electron chi connectivity index (χ2n) is 6.09. The summed E-state index contributed by atoms with van der Waals surface area (Å²) in [7, 11) is 0. The van der Waals surface area contributed by atoms with Crippen molar-refractivity contribution >= 4 is 23.1 Å². The van der Waals surface area contributed by atoms with Gasteiger partial charge in [-0.2, -0.15) is 0 Å². The van der Waals surface area contributed by atoms with E-state index in [4.69, 9.17) is 0 Å². The molecule has 6 heteroatoms. The number of amides is 1. The molecule has 0 saturated carbocycles. The molecule has 0 aliphatic carbocycles. The van der Waals surface area contributed by atoms with E-state index in [1.807, 2.05) is 26.0 Å². The molecule has 3 aromatic rings. The molecule has 132 valence electrons. The number of halogens is 1. The van der Waals surface area contributed by atoms with Crippen LogP contribution in [0.5, 0.6) is 0 Å². The van der Waals surface area contributed by atoms with E-state index in [0.29, 0.717) is 17.3 Å². The van der Waals surface area contributed by atoms with E-state index in [2.05, 4.69) is 26.7 Å². The van der Waals surface area contributed by atoms with Crippen molar-refractivity contribution < 1.29 is 9.18 Å². The number of carbonyl (C=O) groups excluding carboxylic acids is 1. The minimum atomic E-state index is -0.426. The Morgan fingerprint density at radius 1 is 1.00 bits per heavy atom. The number of hydrogen-bond donors (Lipinski definition) is 2. The Morgan fingerprint density at radius 3 is 2.54 bits per heavy atom. The number of benzene rings is 2. The van der Waals surface area contributed by atoms with Crippen LogP contribution in [0.2, 0.25) is 0 Å². The zero-order chi connectivity index (χ0) is 18.7. The molecular weight excluding hydrogens is 331 g/mol. The molecule has 0 aliphatic rings. The van der Waals surface area contributed by atoms with Crippen molar-refractivity contribution in [3.05, 3.63) is 77.0 Å². The van der Waals surface area contributed by atoms with Crippen LogP contribution in [0.15, 0.2) is 48.5 Å². The molecule has 5 nitrogen and oxygen atoms in total. The summed E-state index contributed by atoms with van der Waals surface area (Å²) in [6.45, 7) is 5.74. The second kappa shape index (κ2) is 7.31. The molecule has 0 atom stereocenters. The van der Waals surface area contributed by atoms with Gasteiger partial charge in [0.05, 0.1) is 0 Å². The van der Waals surface area contributed by atoms with Crippen molar-refractivity contribution in [2.75, 3.05) is 10.6 Å². The lowest BCUT2D eigenvalue weighted by Gasteiger charge is -2.11. The maximum Gasteiger partial charge on any atom is 0.274 e. The molecule has 26 heavy (non-hydrogen) atoms. The number of anilines is 3. The molecule has 0 aliphatic heterocycles. The van der Waals surface area contributed by atoms with Crippen LogP contribution in [0.25, 0.3) is 0 Å². The second-order valence-corrected chi connectivity index (χ2v) is 6.09. The van der Waals surface area contributed by atoms with Crippen LogP contribution in [-0.2, 0) is 0 Å². The topological polar surface area (TPSA) is 66.9 Å². The Bertz CT molecular complexity index is 972. The van der Waals surface area contributed by atoms with Crippen LogP contribution in [0.4, 0.5) is 21.6 Å². The fraction of sp³-hybridized carbons (Fsp3) is 0.150. The van der Waals surface area contributed by atoms with Crippen LogP contribution in [0.3, 0.4) is 0 Å². The molecule has 1 amide bonds.